The minimum absolute atomic E-state index is 0.309. The van der Waals surface area contributed by atoms with Crippen LogP contribution in [0.25, 0.3) is 0 Å². The lowest BCUT2D eigenvalue weighted by Gasteiger charge is -2.18. The number of amides is 1. The number of para-hydroxylation sites is 2. The Labute approximate surface area is 164 Å². The third-order valence-corrected chi connectivity index (χ3v) is 4.53. The molecular formula is C21H24ClNO4. The van der Waals surface area contributed by atoms with Crippen LogP contribution in [0.3, 0.4) is 0 Å². The fourth-order valence-corrected chi connectivity index (χ4v) is 2.67. The summed E-state index contributed by atoms with van der Waals surface area (Å²) in [6.07, 6.45) is 0.00825. The summed E-state index contributed by atoms with van der Waals surface area (Å²) < 4.78 is 10.5. The van der Waals surface area contributed by atoms with Crippen LogP contribution in [0, 0.1) is 0 Å². The van der Waals surface area contributed by atoms with Gasteiger partial charge in [-0.1, -0.05) is 55.8 Å². The third kappa shape index (κ3) is 6.00. The first-order chi connectivity index (χ1) is 12.9. The molecule has 2 aromatic rings. The summed E-state index contributed by atoms with van der Waals surface area (Å²) >= 11 is 5.97. The molecule has 0 spiro atoms. The van der Waals surface area contributed by atoms with Crippen molar-refractivity contribution in [1.82, 2.24) is 0 Å². The maximum atomic E-state index is 12.4. The molecule has 5 nitrogen and oxygen atoms in total. The first-order valence-electron chi connectivity index (χ1n) is 8.89. The standard InChI is InChI=1S/C21H24ClNO4/c1-4-14(2)16-9-5-7-11-18(16)23-21(25)15(3)27-20(24)13-26-19-12-8-6-10-17(19)22/h5-12,14-15H,4,13H2,1-3H3,(H,23,25)/t14-,15-/m0/s1. The van der Waals surface area contributed by atoms with Crippen molar-refractivity contribution in [2.45, 2.75) is 39.2 Å². The maximum Gasteiger partial charge on any atom is 0.344 e. The molecular weight excluding hydrogens is 366 g/mol. The summed E-state index contributed by atoms with van der Waals surface area (Å²) in [5, 5.41) is 3.24. The van der Waals surface area contributed by atoms with Crippen molar-refractivity contribution in [1.29, 1.82) is 0 Å². The van der Waals surface area contributed by atoms with E-state index < -0.39 is 18.0 Å². The van der Waals surface area contributed by atoms with E-state index in [1.54, 1.807) is 24.3 Å². The molecule has 0 aromatic heterocycles. The molecule has 0 aliphatic carbocycles. The van der Waals surface area contributed by atoms with Gasteiger partial charge in [-0.3, -0.25) is 4.79 Å². The van der Waals surface area contributed by atoms with Gasteiger partial charge in [-0.2, -0.15) is 0 Å². The van der Waals surface area contributed by atoms with Gasteiger partial charge in [0.05, 0.1) is 5.02 Å². The summed E-state index contributed by atoms with van der Waals surface area (Å²) in [7, 11) is 0. The van der Waals surface area contributed by atoms with E-state index in [4.69, 9.17) is 21.1 Å². The van der Waals surface area contributed by atoms with E-state index in [1.807, 2.05) is 24.3 Å². The van der Waals surface area contributed by atoms with Gasteiger partial charge in [0.1, 0.15) is 5.75 Å². The summed E-state index contributed by atoms with van der Waals surface area (Å²) in [5.74, 6) is -0.344. The first-order valence-corrected chi connectivity index (χ1v) is 9.26. The monoisotopic (exact) mass is 389 g/mol. The number of rotatable bonds is 8. The van der Waals surface area contributed by atoms with E-state index in [2.05, 4.69) is 19.2 Å². The Morgan fingerprint density at radius 2 is 1.74 bits per heavy atom. The minimum Gasteiger partial charge on any atom is -0.480 e. The number of carbonyl (C=O) groups is 2. The van der Waals surface area contributed by atoms with Crippen LogP contribution < -0.4 is 10.1 Å². The van der Waals surface area contributed by atoms with Crippen LogP contribution in [0.2, 0.25) is 5.02 Å². The number of nitrogens with one attached hydrogen (secondary N) is 1. The topological polar surface area (TPSA) is 64.6 Å². The molecule has 2 rings (SSSR count). The number of hydrogen-bond acceptors (Lipinski definition) is 4. The van der Waals surface area contributed by atoms with E-state index in [1.165, 1.54) is 6.92 Å². The Hall–Kier alpha value is -2.53. The molecule has 1 N–H and O–H groups in total. The predicted octanol–water partition coefficient (Wildman–Crippen LogP) is 4.80. The lowest BCUT2D eigenvalue weighted by atomic mass is 9.97. The molecule has 0 saturated carbocycles. The molecule has 0 bridgehead atoms. The van der Waals surface area contributed by atoms with Crippen molar-refractivity contribution in [3.63, 3.8) is 0 Å². The van der Waals surface area contributed by atoms with Crippen molar-refractivity contribution in [3.05, 3.63) is 59.1 Å². The summed E-state index contributed by atoms with van der Waals surface area (Å²) in [6, 6.07) is 14.4. The summed E-state index contributed by atoms with van der Waals surface area (Å²) in [4.78, 5) is 24.3. The zero-order chi connectivity index (χ0) is 19.8. The number of halogens is 1. The van der Waals surface area contributed by atoms with Crippen molar-refractivity contribution in [3.8, 4) is 5.75 Å². The van der Waals surface area contributed by atoms with Gasteiger partial charge in [0, 0.05) is 5.69 Å². The maximum absolute atomic E-state index is 12.4. The SMILES string of the molecule is CC[C@H](C)c1ccccc1NC(=O)[C@H](C)OC(=O)COc1ccccc1Cl. The molecule has 0 heterocycles. The minimum atomic E-state index is -0.947. The van der Waals surface area contributed by atoms with Crippen molar-refractivity contribution >= 4 is 29.2 Å². The Bertz CT molecular complexity index is 793. The first kappa shape index (κ1) is 20.8. The molecule has 27 heavy (non-hydrogen) atoms. The largest absolute Gasteiger partial charge is 0.480 e. The quantitative estimate of drug-likeness (QED) is 0.658. The third-order valence-electron chi connectivity index (χ3n) is 4.22. The summed E-state index contributed by atoms with van der Waals surface area (Å²) in [5.41, 5.74) is 1.78. The van der Waals surface area contributed by atoms with Gasteiger partial charge in [-0.15, -0.1) is 0 Å². The highest BCUT2D eigenvalue weighted by Crippen LogP contribution is 2.26. The van der Waals surface area contributed by atoms with E-state index >= 15 is 0 Å². The molecule has 2 aromatic carbocycles. The van der Waals surface area contributed by atoms with Crippen LogP contribution in [0.5, 0.6) is 5.75 Å². The molecule has 0 fully saturated rings. The highest BCUT2D eigenvalue weighted by atomic mass is 35.5. The average Bonchev–Trinajstić information content (AvgIpc) is 2.67. The van der Waals surface area contributed by atoms with E-state index in [0.29, 0.717) is 16.7 Å². The highest BCUT2D eigenvalue weighted by Gasteiger charge is 2.20. The van der Waals surface area contributed by atoms with Crippen molar-refractivity contribution < 1.29 is 19.1 Å². The second-order valence-corrected chi connectivity index (χ2v) is 6.64. The second-order valence-electron chi connectivity index (χ2n) is 6.24. The van der Waals surface area contributed by atoms with Gasteiger partial charge in [0.15, 0.2) is 12.7 Å². The fourth-order valence-electron chi connectivity index (χ4n) is 2.48. The number of benzene rings is 2. The number of carbonyl (C=O) groups excluding carboxylic acids is 2. The zero-order valence-electron chi connectivity index (χ0n) is 15.7. The van der Waals surface area contributed by atoms with E-state index in [9.17, 15) is 9.59 Å². The van der Waals surface area contributed by atoms with Gasteiger partial charge in [0.2, 0.25) is 0 Å². The lowest BCUT2D eigenvalue weighted by Crippen LogP contribution is -2.32. The Balaban J connectivity index is 1.90. The van der Waals surface area contributed by atoms with Crippen LogP contribution in [0.15, 0.2) is 48.5 Å². The molecule has 6 heteroatoms. The lowest BCUT2D eigenvalue weighted by molar-refractivity contribution is -0.155. The Morgan fingerprint density at radius 3 is 2.44 bits per heavy atom. The van der Waals surface area contributed by atoms with Crippen LogP contribution in [-0.2, 0) is 14.3 Å². The molecule has 1 amide bonds. The smallest absolute Gasteiger partial charge is 0.344 e. The summed E-state index contributed by atoms with van der Waals surface area (Å²) in [6.45, 7) is 5.38. The molecule has 2 atom stereocenters. The molecule has 0 aliphatic rings. The molecule has 144 valence electrons. The van der Waals surface area contributed by atoms with Gasteiger partial charge in [0.25, 0.3) is 5.91 Å². The van der Waals surface area contributed by atoms with Gasteiger partial charge >= 0.3 is 5.97 Å². The van der Waals surface area contributed by atoms with Crippen molar-refractivity contribution in [2.75, 3.05) is 11.9 Å². The normalized spacial score (nSPS) is 12.7. The fraction of sp³-hybridized carbons (Fsp3) is 0.333. The molecule has 0 unspecified atom stereocenters. The Morgan fingerprint density at radius 1 is 1.07 bits per heavy atom. The number of hydrogen-bond donors (Lipinski definition) is 1. The van der Waals surface area contributed by atoms with Gasteiger partial charge < -0.3 is 14.8 Å². The zero-order valence-corrected chi connectivity index (χ0v) is 16.5. The number of anilines is 1. The van der Waals surface area contributed by atoms with E-state index in [0.717, 1.165) is 17.7 Å². The predicted molar refractivity (Wildman–Crippen MR) is 106 cm³/mol. The Kier molecular flexibility index (Phi) is 7.67. The van der Waals surface area contributed by atoms with Crippen LogP contribution in [0.1, 0.15) is 38.7 Å². The highest BCUT2D eigenvalue weighted by molar-refractivity contribution is 6.32. The second kappa shape index (κ2) is 9.97. The van der Waals surface area contributed by atoms with E-state index in [-0.39, 0.29) is 6.61 Å². The molecule has 0 radical (unpaired) electrons. The molecule has 0 saturated heterocycles. The number of ether oxygens (including phenoxy) is 2. The average molecular weight is 390 g/mol. The van der Waals surface area contributed by atoms with Crippen LogP contribution in [-0.4, -0.2) is 24.6 Å². The van der Waals surface area contributed by atoms with Crippen LogP contribution >= 0.6 is 11.6 Å². The van der Waals surface area contributed by atoms with Gasteiger partial charge in [-0.25, -0.2) is 4.79 Å². The van der Waals surface area contributed by atoms with Gasteiger partial charge in [-0.05, 0) is 43.0 Å². The molecule has 0 aliphatic heterocycles. The number of esters is 1. The van der Waals surface area contributed by atoms with Crippen LogP contribution in [0.4, 0.5) is 5.69 Å². The van der Waals surface area contributed by atoms with Crippen molar-refractivity contribution in [2.24, 2.45) is 0 Å².